The number of alkyl halides is 3. The fraction of sp³-hybridized carbons (Fsp3) is 0.263. The molecule has 0 bridgehead atoms. The molecule has 1 amide bonds. The van der Waals surface area contributed by atoms with Crippen molar-refractivity contribution in [1.29, 1.82) is 0 Å². The third-order valence-electron chi connectivity index (χ3n) is 4.74. The number of pyridine rings is 1. The minimum atomic E-state index is -4.51. The van der Waals surface area contributed by atoms with Crippen molar-refractivity contribution >= 4 is 17.2 Å². The van der Waals surface area contributed by atoms with Crippen molar-refractivity contribution in [2.45, 2.75) is 25.4 Å². The van der Waals surface area contributed by atoms with Crippen LogP contribution >= 0.6 is 0 Å². The molecule has 4 nitrogen and oxygen atoms in total. The smallest absolute Gasteiger partial charge is 0.325 e. The van der Waals surface area contributed by atoms with E-state index in [0.717, 1.165) is 23.1 Å². The van der Waals surface area contributed by atoms with E-state index in [2.05, 4.69) is 10.3 Å². The Morgan fingerprint density at radius 1 is 1.15 bits per heavy atom. The quantitative estimate of drug-likeness (QED) is 0.749. The number of nitrogens with zero attached hydrogens (tertiary/aromatic N) is 2. The van der Waals surface area contributed by atoms with Gasteiger partial charge in [0.15, 0.2) is 0 Å². The first-order valence-electron chi connectivity index (χ1n) is 8.35. The van der Waals surface area contributed by atoms with Crippen molar-refractivity contribution in [2.24, 2.45) is 5.92 Å². The molecule has 1 aliphatic rings. The number of benzene rings is 1. The van der Waals surface area contributed by atoms with Crippen LogP contribution in [0.15, 0.2) is 48.7 Å². The largest absolute Gasteiger partial charge is 0.418 e. The lowest BCUT2D eigenvalue weighted by atomic mass is 9.89. The molecule has 3 aromatic rings. The zero-order valence-corrected chi connectivity index (χ0v) is 13.8. The van der Waals surface area contributed by atoms with Gasteiger partial charge in [-0.05, 0) is 37.1 Å². The summed E-state index contributed by atoms with van der Waals surface area (Å²) in [6, 6.07) is 10.7. The highest BCUT2D eigenvalue weighted by molar-refractivity contribution is 5.93. The second-order valence-electron chi connectivity index (χ2n) is 6.41. The molecular formula is C19H16F3N3O. The van der Waals surface area contributed by atoms with Crippen LogP contribution < -0.4 is 5.32 Å². The zero-order chi connectivity index (χ0) is 18.3. The third-order valence-corrected chi connectivity index (χ3v) is 4.74. The van der Waals surface area contributed by atoms with E-state index in [4.69, 9.17) is 0 Å². The van der Waals surface area contributed by atoms with E-state index in [1.165, 1.54) is 18.2 Å². The maximum Gasteiger partial charge on any atom is 0.418 e. The van der Waals surface area contributed by atoms with Crippen LogP contribution in [0, 0.1) is 5.92 Å². The first kappa shape index (κ1) is 16.6. The number of hydrogen-bond donors (Lipinski definition) is 1. The van der Waals surface area contributed by atoms with Crippen LogP contribution in [0.25, 0.3) is 5.65 Å². The molecule has 2 heterocycles. The Hall–Kier alpha value is -2.83. The van der Waals surface area contributed by atoms with Gasteiger partial charge < -0.3 is 9.72 Å². The Kier molecular flexibility index (Phi) is 3.94. The lowest BCUT2D eigenvalue weighted by Crippen LogP contribution is -2.29. The van der Waals surface area contributed by atoms with Gasteiger partial charge in [0.1, 0.15) is 5.65 Å². The number of para-hydroxylation sites is 1. The Balaban J connectivity index is 1.58. The Bertz CT molecular complexity index is 978. The van der Waals surface area contributed by atoms with Gasteiger partial charge in [-0.2, -0.15) is 13.2 Å². The number of hydrogen-bond acceptors (Lipinski definition) is 2. The fourth-order valence-electron chi connectivity index (χ4n) is 3.46. The average Bonchev–Trinajstić information content (AvgIpc) is 2.99. The first-order chi connectivity index (χ1) is 12.4. The van der Waals surface area contributed by atoms with E-state index < -0.39 is 17.6 Å². The van der Waals surface area contributed by atoms with Gasteiger partial charge in [-0.25, -0.2) is 4.98 Å². The van der Waals surface area contributed by atoms with E-state index in [-0.39, 0.29) is 11.6 Å². The second-order valence-corrected chi connectivity index (χ2v) is 6.41. The average molecular weight is 359 g/mol. The Morgan fingerprint density at radius 2 is 1.92 bits per heavy atom. The van der Waals surface area contributed by atoms with Gasteiger partial charge in [-0.1, -0.05) is 18.2 Å². The summed E-state index contributed by atoms with van der Waals surface area (Å²) in [5, 5.41) is 2.47. The third kappa shape index (κ3) is 2.94. The maximum atomic E-state index is 13.1. The molecule has 1 unspecified atom stereocenters. The molecule has 0 saturated carbocycles. The summed E-state index contributed by atoms with van der Waals surface area (Å²) in [6.45, 7) is 0. The molecule has 0 spiro atoms. The predicted octanol–water partition coefficient (Wildman–Crippen LogP) is 4.10. The van der Waals surface area contributed by atoms with Gasteiger partial charge in [0.2, 0.25) is 5.91 Å². The van der Waals surface area contributed by atoms with E-state index in [1.54, 1.807) is 0 Å². The van der Waals surface area contributed by atoms with E-state index >= 15 is 0 Å². The van der Waals surface area contributed by atoms with Crippen LogP contribution in [0.2, 0.25) is 0 Å². The molecule has 0 aliphatic heterocycles. The van der Waals surface area contributed by atoms with Crippen LogP contribution in [0.3, 0.4) is 0 Å². The van der Waals surface area contributed by atoms with Crippen molar-refractivity contribution in [3.8, 4) is 0 Å². The highest BCUT2D eigenvalue weighted by Gasteiger charge is 2.35. The summed E-state index contributed by atoms with van der Waals surface area (Å²) >= 11 is 0. The second kappa shape index (κ2) is 6.16. The molecule has 1 aliphatic carbocycles. The van der Waals surface area contributed by atoms with Gasteiger partial charge in [-0.15, -0.1) is 0 Å². The van der Waals surface area contributed by atoms with Gasteiger partial charge in [0.25, 0.3) is 0 Å². The number of anilines is 1. The van der Waals surface area contributed by atoms with E-state index in [9.17, 15) is 18.0 Å². The molecule has 26 heavy (non-hydrogen) atoms. The molecule has 4 rings (SSSR count). The number of carbonyl (C=O) groups excluding carboxylic acids is 1. The van der Waals surface area contributed by atoms with Crippen molar-refractivity contribution in [1.82, 2.24) is 9.38 Å². The molecule has 2 aromatic heterocycles. The molecule has 7 heteroatoms. The van der Waals surface area contributed by atoms with Crippen molar-refractivity contribution in [3.63, 3.8) is 0 Å². The molecule has 1 atom stereocenters. The summed E-state index contributed by atoms with van der Waals surface area (Å²) in [4.78, 5) is 17.2. The molecule has 0 radical (unpaired) electrons. The molecule has 1 aromatic carbocycles. The van der Waals surface area contributed by atoms with Gasteiger partial charge in [0.05, 0.1) is 16.9 Å². The number of imidazole rings is 1. The summed E-state index contributed by atoms with van der Waals surface area (Å²) in [5.74, 6) is -0.776. The van der Waals surface area contributed by atoms with Gasteiger partial charge in [-0.3, -0.25) is 4.79 Å². The Labute approximate surface area is 147 Å². The molecular weight excluding hydrogens is 343 g/mol. The number of aryl methyl sites for hydroxylation is 1. The number of rotatable bonds is 2. The maximum absolute atomic E-state index is 13.1. The van der Waals surface area contributed by atoms with Crippen molar-refractivity contribution in [2.75, 3.05) is 5.32 Å². The number of halogens is 3. The summed E-state index contributed by atoms with van der Waals surface area (Å²) in [7, 11) is 0. The topological polar surface area (TPSA) is 46.4 Å². The minimum Gasteiger partial charge on any atom is -0.325 e. The summed E-state index contributed by atoms with van der Waals surface area (Å²) < 4.78 is 41.3. The Morgan fingerprint density at radius 3 is 2.73 bits per heavy atom. The van der Waals surface area contributed by atoms with Crippen molar-refractivity contribution < 1.29 is 18.0 Å². The molecule has 134 valence electrons. The summed E-state index contributed by atoms with van der Waals surface area (Å²) in [5.41, 5.74) is 1.70. The lowest BCUT2D eigenvalue weighted by Gasteiger charge is -2.22. The number of aromatic nitrogens is 2. The van der Waals surface area contributed by atoms with Crippen molar-refractivity contribution in [3.05, 3.63) is 65.6 Å². The molecule has 0 saturated heterocycles. The number of amides is 1. The number of carbonyl (C=O) groups is 1. The zero-order valence-electron chi connectivity index (χ0n) is 13.8. The van der Waals surface area contributed by atoms with Crippen LogP contribution in [-0.2, 0) is 23.8 Å². The normalized spacial score (nSPS) is 17.1. The minimum absolute atomic E-state index is 0.200. The standard InChI is InChI=1S/C19H16F3N3O/c20-19(21,22)13-5-1-2-6-14(13)24-18(26)12-8-9-15-16(11-12)25-10-4-3-7-17(25)23-15/h1-7,10,12H,8-9,11H2,(H,24,26). The van der Waals surface area contributed by atoms with Crippen LogP contribution in [0.5, 0.6) is 0 Å². The van der Waals surface area contributed by atoms with Crippen LogP contribution in [-0.4, -0.2) is 15.3 Å². The number of nitrogens with one attached hydrogen (secondary N) is 1. The SMILES string of the molecule is O=C(Nc1ccccc1C(F)(F)F)C1CCc2nc3ccccn3c2C1. The van der Waals surface area contributed by atoms with Crippen LogP contribution in [0.4, 0.5) is 18.9 Å². The fourth-order valence-corrected chi connectivity index (χ4v) is 3.46. The molecule has 1 N–H and O–H groups in total. The monoisotopic (exact) mass is 359 g/mol. The highest BCUT2D eigenvalue weighted by Crippen LogP contribution is 2.35. The van der Waals surface area contributed by atoms with Gasteiger partial charge in [0, 0.05) is 24.2 Å². The van der Waals surface area contributed by atoms with E-state index in [1.807, 2.05) is 28.8 Å². The number of fused-ring (bicyclic) bond motifs is 3. The van der Waals surface area contributed by atoms with Crippen LogP contribution in [0.1, 0.15) is 23.4 Å². The van der Waals surface area contributed by atoms with E-state index in [0.29, 0.717) is 19.3 Å². The van der Waals surface area contributed by atoms with Gasteiger partial charge >= 0.3 is 6.18 Å². The highest BCUT2D eigenvalue weighted by atomic mass is 19.4. The first-order valence-corrected chi connectivity index (χ1v) is 8.35. The predicted molar refractivity (Wildman–Crippen MR) is 90.8 cm³/mol. The lowest BCUT2D eigenvalue weighted by molar-refractivity contribution is -0.137. The summed E-state index contributed by atoms with van der Waals surface area (Å²) in [6.07, 6.45) is -0.959. The molecule has 0 fully saturated rings.